The van der Waals surface area contributed by atoms with E-state index in [1.54, 1.807) is 0 Å². The van der Waals surface area contributed by atoms with Crippen LogP contribution in [0.3, 0.4) is 0 Å². The zero-order valence-corrected chi connectivity index (χ0v) is 11.4. The first-order chi connectivity index (χ1) is 9.19. The van der Waals surface area contributed by atoms with Crippen molar-refractivity contribution in [2.24, 2.45) is 5.92 Å². The average Bonchev–Trinajstić information content (AvgIpc) is 2.76. The summed E-state index contributed by atoms with van der Waals surface area (Å²) >= 11 is 0. The summed E-state index contributed by atoms with van der Waals surface area (Å²) in [5, 5.41) is 1.21. The summed E-state index contributed by atoms with van der Waals surface area (Å²) in [5.41, 5.74) is 3.45. The van der Waals surface area contributed by atoms with Crippen molar-refractivity contribution in [3.63, 3.8) is 0 Å². The second kappa shape index (κ2) is 4.72. The maximum absolute atomic E-state index is 11.8. The highest BCUT2D eigenvalue weighted by atomic mass is 16.5. The third kappa shape index (κ3) is 2.14. The van der Waals surface area contributed by atoms with E-state index in [0.29, 0.717) is 13.0 Å². The molecule has 1 aliphatic carbocycles. The second-order valence-electron chi connectivity index (χ2n) is 5.20. The van der Waals surface area contributed by atoms with Crippen LogP contribution in [0, 0.1) is 12.8 Å². The monoisotopic (exact) mass is 258 g/mol. The van der Waals surface area contributed by atoms with E-state index in [1.165, 1.54) is 16.5 Å². The van der Waals surface area contributed by atoms with Crippen molar-refractivity contribution in [1.29, 1.82) is 0 Å². The van der Waals surface area contributed by atoms with Crippen molar-refractivity contribution in [2.45, 2.75) is 33.1 Å². The lowest BCUT2D eigenvalue weighted by atomic mass is 9.87. The van der Waals surface area contributed by atoms with Crippen LogP contribution in [0.4, 0.5) is 0 Å². The Morgan fingerprint density at radius 2 is 2.32 bits per heavy atom. The molecule has 1 heterocycles. The fraction of sp³-hybridized carbons (Fsp3) is 0.438. The number of hydrogen-bond donors (Lipinski definition) is 0. The summed E-state index contributed by atoms with van der Waals surface area (Å²) in [4.78, 5) is 11.8. The van der Waals surface area contributed by atoms with Crippen LogP contribution in [0.2, 0.25) is 0 Å². The molecule has 1 unspecified atom stereocenters. The molecule has 1 aromatic heterocycles. The molecule has 3 rings (SSSR count). The van der Waals surface area contributed by atoms with Crippen LogP contribution in [0.25, 0.3) is 11.0 Å². The standard InChI is InChI=1S/C16H18O3/c1-3-18-16(17)11-5-6-12-13-8-10(2)4-7-14(13)19-15(12)9-11/h4,7-8,11H,3,5-6,9H2,1-2H3. The lowest BCUT2D eigenvalue weighted by Crippen LogP contribution is -2.24. The summed E-state index contributed by atoms with van der Waals surface area (Å²) in [6.07, 6.45) is 2.42. The number of aryl methyl sites for hydroxylation is 2. The highest BCUT2D eigenvalue weighted by Crippen LogP contribution is 2.34. The summed E-state index contributed by atoms with van der Waals surface area (Å²) in [6.45, 7) is 4.38. The van der Waals surface area contributed by atoms with Gasteiger partial charge in [-0.2, -0.15) is 0 Å². The van der Waals surface area contributed by atoms with Crippen molar-refractivity contribution >= 4 is 16.9 Å². The highest BCUT2D eigenvalue weighted by molar-refractivity contribution is 5.84. The minimum absolute atomic E-state index is 0.0471. The van der Waals surface area contributed by atoms with Crippen molar-refractivity contribution in [2.75, 3.05) is 6.61 Å². The molecule has 0 radical (unpaired) electrons. The lowest BCUT2D eigenvalue weighted by Gasteiger charge is -2.19. The van der Waals surface area contributed by atoms with Crippen LogP contribution in [0.1, 0.15) is 30.2 Å². The van der Waals surface area contributed by atoms with Crippen LogP contribution < -0.4 is 0 Å². The maximum atomic E-state index is 11.8. The molecule has 100 valence electrons. The van der Waals surface area contributed by atoms with Gasteiger partial charge in [-0.05, 0) is 38.8 Å². The normalized spacial score (nSPS) is 18.3. The van der Waals surface area contributed by atoms with Gasteiger partial charge in [0.1, 0.15) is 11.3 Å². The summed E-state index contributed by atoms with van der Waals surface area (Å²) in [6, 6.07) is 6.24. The molecule has 1 atom stereocenters. The molecule has 3 nitrogen and oxygen atoms in total. The lowest BCUT2D eigenvalue weighted by molar-refractivity contribution is -0.148. The fourth-order valence-corrected chi connectivity index (χ4v) is 2.86. The Morgan fingerprint density at radius 3 is 3.11 bits per heavy atom. The molecule has 0 fully saturated rings. The molecule has 1 aliphatic rings. The van der Waals surface area contributed by atoms with Crippen molar-refractivity contribution in [1.82, 2.24) is 0 Å². The van der Waals surface area contributed by atoms with Crippen molar-refractivity contribution in [3.05, 3.63) is 35.1 Å². The van der Waals surface area contributed by atoms with E-state index in [-0.39, 0.29) is 11.9 Å². The number of fused-ring (bicyclic) bond motifs is 3. The van der Waals surface area contributed by atoms with Crippen LogP contribution in [0.15, 0.2) is 22.6 Å². The number of benzene rings is 1. The Bertz CT molecular complexity index is 624. The molecule has 19 heavy (non-hydrogen) atoms. The van der Waals surface area contributed by atoms with Gasteiger partial charge >= 0.3 is 5.97 Å². The van der Waals surface area contributed by atoms with Gasteiger partial charge in [0.05, 0.1) is 12.5 Å². The minimum Gasteiger partial charge on any atom is -0.466 e. The predicted octanol–water partition coefficient (Wildman–Crippen LogP) is 3.41. The van der Waals surface area contributed by atoms with Crippen molar-refractivity contribution in [3.8, 4) is 0 Å². The number of furan rings is 1. The Balaban J connectivity index is 1.93. The largest absolute Gasteiger partial charge is 0.466 e. The first-order valence-electron chi connectivity index (χ1n) is 6.86. The van der Waals surface area contributed by atoms with Crippen LogP contribution >= 0.6 is 0 Å². The maximum Gasteiger partial charge on any atom is 0.309 e. The summed E-state index contributed by atoms with van der Waals surface area (Å²) in [5.74, 6) is 0.823. The smallest absolute Gasteiger partial charge is 0.309 e. The van der Waals surface area contributed by atoms with Gasteiger partial charge in [-0.25, -0.2) is 0 Å². The van der Waals surface area contributed by atoms with Gasteiger partial charge in [-0.15, -0.1) is 0 Å². The third-order valence-electron chi connectivity index (χ3n) is 3.82. The minimum atomic E-state index is -0.0928. The van der Waals surface area contributed by atoms with E-state index in [1.807, 2.05) is 13.0 Å². The average molecular weight is 258 g/mol. The predicted molar refractivity (Wildman–Crippen MR) is 73.1 cm³/mol. The zero-order chi connectivity index (χ0) is 13.4. The van der Waals surface area contributed by atoms with E-state index in [9.17, 15) is 4.79 Å². The first kappa shape index (κ1) is 12.3. The molecule has 0 aliphatic heterocycles. The summed E-state index contributed by atoms with van der Waals surface area (Å²) < 4.78 is 11.0. The first-order valence-corrected chi connectivity index (χ1v) is 6.86. The van der Waals surface area contributed by atoms with Gasteiger partial charge in [0, 0.05) is 17.4 Å². The Hall–Kier alpha value is -1.77. The van der Waals surface area contributed by atoms with Crippen LogP contribution in [-0.4, -0.2) is 12.6 Å². The topological polar surface area (TPSA) is 39.4 Å². The van der Waals surface area contributed by atoms with Gasteiger partial charge in [0.25, 0.3) is 0 Å². The Morgan fingerprint density at radius 1 is 1.47 bits per heavy atom. The van der Waals surface area contributed by atoms with E-state index in [0.717, 1.165) is 24.2 Å². The van der Waals surface area contributed by atoms with E-state index in [2.05, 4.69) is 19.1 Å². The van der Waals surface area contributed by atoms with Crippen LogP contribution in [-0.2, 0) is 22.4 Å². The number of hydrogen-bond acceptors (Lipinski definition) is 3. The number of ether oxygens (including phenoxy) is 1. The highest BCUT2D eigenvalue weighted by Gasteiger charge is 2.29. The fourth-order valence-electron chi connectivity index (χ4n) is 2.86. The number of carbonyl (C=O) groups is 1. The van der Waals surface area contributed by atoms with E-state index >= 15 is 0 Å². The van der Waals surface area contributed by atoms with Gasteiger partial charge in [0.15, 0.2) is 0 Å². The van der Waals surface area contributed by atoms with E-state index in [4.69, 9.17) is 9.15 Å². The van der Waals surface area contributed by atoms with E-state index < -0.39 is 0 Å². The second-order valence-corrected chi connectivity index (χ2v) is 5.20. The van der Waals surface area contributed by atoms with Gasteiger partial charge in [0.2, 0.25) is 0 Å². The van der Waals surface area contributed by atoms with Crippen molar-refractivity contribution < 1.29 is 13.9 Å². The number of esters is 1. The zero-order valence-electron chi connectivity index (χ0n) is 11.4. The SMILES string of the molecule is CCOC(=O)C1CCc2c(oc3ccc(C)cc23)C1. The summed E-state index contributed by atoms with van der Waals surface area (Å²) in [7, 11) is 0. The third-order valence-corrected chi connectivity index (χ3v) is 3.82. The molecule has 0 saturated heterocycles. The molecule has 0 amide bonds. The Kier molecular flexibility index (Phi) is 3.05. The molecular weight excluding hydrogens is 240 g/mol. The van der Waals surface area contributed by atoms with Gasteiger partial charge < -0.3 is 9.15 Å². The number of rotatable bonds is 2. The van der Waals surface area contributed by atoms with Gasteiger partial charge in [-0.3, -0.25) is 4.79 Å². The molecule has 0 saturated carbocycles. The molecule has 1 aromatic carbocycles. The Labute approximate surface area is 112 Å². The van der Waals surface area contributed by atoms with Crippen LogP contribution in [0.5, 0.6) is 0 Å². The molecule has 3 heteroatoms. The quantitative estimate of drug-likeness (QED) is 0.775. The molecule has 2 aromatic rings. The molecule has 0 bridgehead atoms. The molecular formula is C16H18O3. The van der Waals surface area contributed by atoms with Gasteiger partial charge in [-0.1, -0.05) is 11.6 Å². The molecule has 0 spiro atoms. The molecule has 0 N–H and O–H groups in total. The number of carbonyl (C=O) groups excluding carboxylic acids is 1.